The Morgan fingerprint density at radius 3 is 2.81 bits per heavy atom. The minimum absolute atomic E-state index is 0.0167. The quantitative estimate of drug-likeness (QED) is 0.689. The number of rotatable bonds is 3. The highest BCUT2D eigenvalue weighted by Gasteiger charge is 2.35. The third-order valence-electron chi connectivity index (χ3n) is 5.53. The van der Waals surface area contributed by atoms with Crippen molar-refractivity contribution in [2.45, 2.75) is 38.3 Å². The molecular formula is C22H21F3N4O2. The van der Waals surface area contributed by atoms with Crippen LogP contribution in [0.2, 0.25) is 0 Å². The first kappa shape index (κ1) is 21.0. The molecule has 162 valence electrons. The number of H-pyrrole nitrogens is 1. The number of aromatic nitrogens is 3. The number of likely N-dealkylation sites (tertiary alicyclic amines) is 1. The summed E-state index contributed by atoms with van der Waals surface area (Å²) in [5.41, 5.74) is -0.426. The number of fused-ring (bicyclic) bond motifs is 1. The number of alkyl halides is 3. The van der Waals surface area contributed by atoms with Crippen LogP contribution in [-0.4, -0.2) is 38.8 Å². The van der Waals surface area contributed by atoms with Gasteiger partial charge in [0.05, 0.1) is 22.9 Å². The van der Waals surface area contributed by atoms with E-state index < -0.39 is 22.7 Å². The maximum atomic E-state index is 13.4. The molecule has 0 radical (unpaired) electrons. The average Bonchev–Trinajstić information content (AvgIpc) is 2.73. The monoisotopic (exact) mass is 430 g/mol. The van der Waals surface area contributed by atoms with Crippen LogP contribution < -0.4 is 5.56 Å². The van der Waals surface area contributed by atoms with E-state index in [0.717, 1.165) is 12.5 Å². The van der Waals surface area contributed by atoms with E-state index in [0.29, 0.717) is 30.9 Å². The van der Waals surface area contributed by atoms with Gasteiger partial charge in [0.25, 0.3) is 5.56 Å². The van der Waals surface area contributed by atoms with Crippen molar-refractivity contribution in [2.75, 3.05) is 13.1 Å². The molecule has 4 rings (SSSR count). The molecule has 1 saturated heterocycles. The Morgan fingerprint density at radius 2 is 2.10 bits per heavy atom. The summed E-state index contributed by atoms with van der Waals surface area (Å²) in [6.45, 7) is 2.44. The summed E-state index contributed by atoms with van der Waals surface area (Å²) >= 11 is 0. The van der Waals surface area contributed by atoms with Crippen molar-refractivity contribution < 1.29 is 18.0 Å². The van der Waals surface area contributed by atoms with Crippen LogP contribution in [-0.2, 0) is 17.4 Å². The molecule has 0 aromatic carbocycles. The summed E-state index contributed by atoms with van der Waals surface area (Å²) in [4.78, 5) is 38.0. The van der Waals surface area contributed by atoms with Crippen molar-refractivity contribution in [3.8, 4) is 0 Å². The van der Waals surface area contributed by atoms with Crippen LogP contribution in [0.15, 0.2) is 41.3 Å². The smallest absolute Gasteiger partial charge is 0.342 e. The van der Waals surface area contributed by atoms with Gasteiger partial charge in [-0.05, 0) is 44.0 Å². The van der Waals surface area contributed by atoms with Crippen molar-refractivity contribution in [1.29, 1.82) is 0 Å². The summed E-state index contributed by atoms with van der Waals surface area (Å²) in [6, 6.07) is 7.78. The average molecular weight is 430 g/mol. The largest absolute Gasteiger partial charge is 0.417 e. The molecule has 1 aliphatic rings. The van der Waals surface area contributed by atoms with Crippen LogP contribution in [0.1, 0.15) is 41.4 Å². The zero-order chi connectivity index (χ0) is 22.2. The molecule has 0 spiro atoms. The van der Waals surface area contributed by atoms with E-state index in [1.165, 1.54) is 13.0 Å². The number of nitrogens with one attached hydrogen (secondary N) is 1. The molecule has 0 saturated carbocycles. The van der Waals surface area contributed by atoms with Gasteiger partial charge in [-0.3, -0.25) is 19.6 Å². The number of aryl methyl sites for hydroxylation is 1. The number of hydrogen-bond acceptors (Lipinski definition) is 4. The summed E-state index contributed by atoms with van der Waals surface area (Å²) in [5, 5.41) is -0.458. The van der Waals surface area contributed by atoms with Gasteiger partial charge in [-0.15, -0.1) is 0 Å². The summed E-state index contributed by atoms with van der Waals surface area (Å²) in [5.74, 6) is -0.255. The van der Waals surface area contributed by atoms with Crippen LogP contribution in [0.3, 0.4) is 0 Å². The van der Waals surface area contributed by atoms with Crippen molar-refractivity contribution >= 4 is 16.8 Å². The van der Waals surface area contributed by atoms with Gasteiger partial charge in [0, 0.05) is 42.3 Å². The zero-order valence-electron chi connectivity index (χ0n) is 16.9. The molecule has 1 aliphatic heterocycles. The first-order chi connectivity index (χ1) is 14.7. The Balaban J connectivity index is 1.62. The Kier molecular flexibility index (Phi) is 5.51. The van der Waals surface area contributed by atoms with Crippen molar-refractivity contribution in [3.63, 3.8) is 0 Å². The van der Waals surface area contributed by atoms with Crippen molar-refractivity contribution in [1.82, 2.24) is 19.9 Å². The number of nitrogens with zero attached hydrogens (tertiary/aromatic N) is 3. The lowest BCUT2D eigenvalue weighted by molar-refractivity contribution is -0.136. The van der Waals surface area contributed by atoms with E-state index in [2.05, 4.69) is 15.0 Å². The van der Waals surface area contributed by atoms with Gasteiger partial charge in [0.1, 0.15) is 0 Å². The zero-order valence-corrected chi connectivity index (χ0v) is 16.9. The van der Waals surface area contributed by atoms with E-state index in [1.54, 1.807) is 23.2 Å². The second-order valence-electron chi connectivity index (χ2n) is 7.80. The van der Waals surface area contributed by atoms with Crippen LogP contribution in [0, 0.1) is 6.92 Å². The highest BCUT2D eigenvalue weighted by Crippen LogP contribution is 2.34. The SMILES string of the molecule is Cc1cc(C(F)(F)F)c2c(=O)[nH]c(C3CCCN(C(=O)Cc4ccccn4)C3)cc2n1. The predicted molar refractivity (Wildman–Crippen MR) is 109 cm³/mol. The van der Waals surface area contributed by atoms with Gasteiger partial charge >= 0.3 is 6.18 Å². The van der Waals surface area contributed by atoms with Gasteiger partial charge in [-0.25, -0.2) is 0 Å². The predicted octanol–water partition coefficient (Wildman–Crippen LogP) is 3.59. The van der Waals surface area contributed by atoms with Crippen LogP contribution in [0.4, 0.5) is 13.2 Å². The summed E-state index contributed by atoms with van der Waals surface area (Å²) in [6.07, 6.45) is -1.40. The molecule has 4 heterocycles. The topological polar surface area (TPSA) is 79.0 Å². The third-order valence-corrected chi connectivity index (χ3v) is 5.53. The van der Waals surface area contributed by atoms with Crippen molar-refractivity contribution in [3.05, 3.63) is 69.5 Å². The molecule has 3 aromatic heterocycles. The second-order valence-corrected chi connectivity index (χ2v) is 7.80. The van der Waals surface area contributed by atoms with E-state index in [1.807, 2.05) is 6.07 Å². The highest BCUT2D eigenvalue weighted by molar-refractivity contribution is 5.82. The number of amides is 1. The summed E-state index contributed by atoms with van der Waals surface area (Å²) in [7, 11) is 0. The summed E-state index contributed by atoms with van der Waals surface area (Å²) < 4.78 is 40.3. The van der Waals surface area contributed by atoms with Crippen LogP contribution in [0.5, 0.6) is 0 Å². The van der Waals surface area contributed by atoms with Gasteiger partial charge in [0.15, 0.2) is 0 Å². The maximum Gasteiger partial charge on any atom is 0.417 e. The first-order valence-electron chi connectivity index (χ1n) is 10.0. The molecule has 1 atom stereocenters. The minimum Gasteiger partial charge on any atom is -0.342 e. The lowest BCUT2D eigenvalue weighted by Gasteiger charge is -2.33. The standard InChI is InChI=1S/C22H21F3N4O2/c1-13-9-16(22(23,24)25)20-18(27-13)11-17(28-21(20)31)14-5-4-8-29(12-14)19(30)10-15-6-2-3-7-26-15/h2-3,6-7,9,11,14H,4-5,8,10,12H2,1H3,(H,28,31). The van der Waals surface area contributed by atoms with E-state index in [4.69, 9.17) is 0 Å². The number of carbonyl (C=O) groups is 1. The normalized spacial score (nSPS) is 17.2. The van der Waals surface area contributed by atoms with Crippen molar-refractivity contribution in [2.24, 2.45) is 0 Å². The molecular weight excluding hydrogens is 409 g/mol. The molecule has 3 aromatic rings. The molecule has 31 heavy (non-hydrogen) atoms. The minimum atomic E-state index is -4.65. The molecule has 1 fully saturated rings. The molecule has 0 bridgehead atoms. The fourth-order valence-corrected chi connectivity index (χ4v) is 4.09. The number of piperidine rings is 1. The fraction of sp³-hybridized carbons (Fsp3) is 0.364. The fourth-order valence-electron chi connectivity index (χ4n) is 4.09. The van der Waals surface area contributed by atoms with Crippen LogP contribution in [0.25, 0.3) is 10.9 Å². The molecule has 6 nitrogen and oxygen atoms in total. The molecule has 1 N–H and O–H groups in total. The van der Waals surface area contributed by atoms with Gasteiger partial charge in [0.2, 0.25) is 5.91 Å². The maximum absolute atomic E-state index is 13.4. The van der Waals surface area contributed by atoms with Crippen LogP contribution >= 0.6 is 0 Å². The van der Waals surface area contributed by atoms with Gasteiger partial charge < -0.3 is 9.88 Å². The second kappa shape index (κ2) is 8.13. The van der Waals surface area contributed by atoms with Gasteiger partial charge in [-0.2, -0.15) is 13.2 Å². The Labute approximate surface area is 176 Å². The number of carbonyl (C=O) groups excluding carboxylic acids is 1. The number of halogens is 3. The van der Waals surface area contributed by atoms with E-state index >= 15 is 0 Å². The first-order valence-corrected chi connectivity index (χ1v) is 10.0. The van der Waals surface area contributed by atoms with E-state index in [-0.39, 0.29) is 29.5 Å². The van der Waals surface area contributed by atoms with E-state index in [9.17, 15) is 22.8 Å². The lowest BCUT2D eigenvalue weighted by Crippen LogP contribution is -2.40. The number of aromatic amines is 1. The van der Waals surface area contributed by atoms with Gasteiger partial charge in [-0.1, -0.05) is 6.07 Å². The molecule has 1 unspecified atom stereocenters. The molecule has 0 aliphatic carbocycles. The number of hydrogen-bond donors (Lipinski definition) is 1. The Hall–Kier alpha value is -3.23. The Morgan fingerprint density at radius 1 is 1.29 bits per heavy atom. The number of pyridine rings is 3. The molecule has 9 heteroatoms. The molecule has 1 amide bonds. The highest BCUT2D eigenvalue weighted by atomic mass is 19.4. The third kappa shape index (κ3) is 4.45. The Bertz CT molecular complexity index is 1180. The lowest BCUT2D eigenvalue weighted by atomic mass is 9.93.